The van der Waals surface area contributed by atoms with Crippen molar-refractivity contribution in [2.75, 3.05) is 11.9 Å². The summed E-state index contributed by atoms with van der Waals surface area (Å²) >= 11 is 1.29. The minimum absolute atomic E-state index is 0.0344. The lowest BCUT2D eigenvalue weighted by molar-refractivity contribution is -0.128. The number of benzene rings is 2. The molecule has 0 radical (unpaired) electrons. The highest BCUT2D eigenvalue weighted by Crippen LogP contribution is 2.32. The van der Waals surface area contributed by atoms with Gasteiger partial charge in [-0.15, -0.1) is 0 Å². The van der Waals surface area contributed by atoms with E-state index in [1.165, 1.54) is 23.9 Å². The van der Waals surface area contributed by atoms with Crippen molar-refractivity contribution in [3.63, 3.8) is 0 Å². The van der Waals surface area contributed by atoms with Gasteiger partial charge in [-0.1, -0.05) is 49.4 Å². The minimum atomic E-state index is -0.567. The fourth-order valence-electron chi connectivity index (χ4n) is 2.99. The molecular weight excluding hydrogens is 389 g/mol. The third kappa shape index (κ3) is 5.44. The van der Waals surface area contributed by atoms with E-state index in [9.17, 15) is 14.0 Å². The van der Waals surface area contributed by atoms with Gasteiger partial charge in [0.2, 0.25) is 11.8 Å². The van der Waals surface area contributed by atoms with Crippen LogP contribution in [0.2, 0.25) is 0 Å². The van der Waals surface area contributed by atoms with Crippen LogP contribution in [-0.4, -0.2) is 33.7 Å². The van der Waals surface area contributed by atoms with Crippen LogP contribution in [0.15, 0.2) is 53.5 Å². The first kappa shape index (κ1) is 21.0. The van der Waals surface area contributed by atoms with Gasteiger partial charge in [0.25, 0.3) is 0 Å². The number of aryl methyl sites for hydroxylation is 1. The molecule has 1 atom stereocenters. The summed E-state index contributed by atoms with van der Waals surface area (Å²) in [5.74, 6) is -1.02. The normalized spacial score (nSPS) is 17.8. The Bertz CT molecular complexity index is 932. The number of nitrogens with one attached hydrogen (secondary N) is 1. The number of hydrogen-bond acceptors (Lipinski definition) is 4. The summed E-state index contributed by atoms with van der Waals surface area (Å²) in [4.78, 5) is 31.6. The zero-order valence-electron chi connectivity index (χ0n) is 16.5. The van der Waals surface area contributed by atoms with E-state index in [-0.39, 0.29) is 18.0 Å². The number of para-hydroxylation sites is 1. The number of carbonyl (C=O) groups excluding carboxylic acids is 2. The van der Waals surface area contributed by atoms with Gasteiger partial charge >= 0.3 is 0 Å². The lowest BCUT2D eigenvalue weighted by atomic mass is 10.2. The molecule has 7 heteroatoms. The van der Waals surface area contributed by atoms with Crippen molar-refractivity contribution < 1.29 is 14.0 Å². The smallest absolute Gasteiger partial charge is 0.242 e. The molecule has 0 aromatic heterocycles. The minimum Gasteiger partial charge on any atom is -0.324 e. The SMILES string of the molecule is CCCCN1C(=O)[C@@H](CC(=O)Nc2ccccc2F)SC1=Nc1cccc(C)c1. The predicted molar refractivity (Wildman–Crippen MR) is 116 cm³/mol. The van der Waals surface area contributed by atoms with E-state index in [4.69, 9.17) is 0 Å². The fraction of sp³-hybridized carbons (Fsp3) is 0.318. The molecule has 0 unspecified atom stereocenters. The van der Waals surface area contributed by atoms with Crippen LogP contribution in [0.5, 0.6) is 0 Å². The first-order valence-electron chi connectivity index (χ1n) is 9.65. The maximum Gasteiger partial charge on any atom is 0.242 e. The summed E-state index contributed by atoms with van der Waals surface area (Å²) in [6, 6.07) is 13.7. The highest BCUT2D eigenvalue weighted by Gasteiger charge is 2.38. The average Bonchev–Trinajstić information content (AvgIpc) is 2.96. The van der Waals surface area contributed by atoms with E-state index in [1.807, 2.05) is 31.2 Å². The molecule has 3 rings (SSSR count). The Hall–Kier alpha value is -2.67. The third-order valence-corrected chi connectivity index (χ3v) is 5.68. The molecule has 1 aliphatic heterocycles. The van der Waals surface area contributed by atoms with Gasteiger partial charge in [-0.25, -0.2) is 9.38 Å². The number of hydrogen-bond donors (Lipinski definition) is 1. The van der Waals surface area contributed by atoms with Gasteiger partial charge in [-0.3, -0.25) is 14.5 Å². The van der Waals surface area contributed by atoms with Crippen molar-refractivity contribution in [3.05, 3.63) is 59.9 Å². The second-order valence-electron chi connectivity index (χ2n) is 6.92. The molecule has 1 heterocycles. The van der Waals surface area contributed by atoms with Gasteiger partial charge in [-0.05, 0) is 43.2 Å². The maximum absolute atomic E-state index is 13.8. The van der Waals surface area contributed by atoms with E-state index in [0.717, 1.165) is 24.1 Å². The fourth-order valence-corrected chi connectivity index (χ4v) is 4.17. The Morgan fingerprint density at radius 3 is 2.76 bits per heavy atom. The van der Waals surface area contributed by atoms with Crippen LogP contribution in [0.3, 0.4) is 0 Å². The Balaban J connectivity index is 1.75. The zero-order valence-corrected chi connectivity index (χ0v) is 17.3. The molecule has 152 valence electrons. The van der Waals surface area contributed by atoms with Crippen LogP contribution >= 0.6 is 11.8 Å². The average molecular weight is 414 g/mol. The van der Waals surface area contributed by atoms with Crippen molar-refractivity contribution in [3.8, 4) is 0 Å². The summed E-state index contributed by atoms with van der Waals surface area (Å²) in [5.41, 5.74) is 1.98. The largest absolute Gasteiger partial charge is 0.324 e. The second-order valence-corrected chi connectivity index (χ2v) is 8.09. The summed E-state index contributed by atoms with van der Waals surface area (Å²) in [7, 11) is 0. The monoisotopic (exact) mass is 413 g/mol. The molecule has 0 aliphatic carbocycles. The van der Waals surface area contributed by atoms with Crippen LogP contribution in [0.25, 0.3) is 0 Å². The molecule has 5 nitrogen and oxygen atoms in total. The molecule has 2 amide bonds. The first-order valence-corrected chi connectivity index (χ1v) is 10.5. The molecule has 1 aliphatic rings. The van der Waals surface area contributed by atoms with E-state index in [1.54, 1.807) is 17.0 Å². The standard InChI is InChI=1S/C22H24FN3O2S/c1-3-4-12-26-21(28)19(14-20(27)25-18-11-6-5-10-17(18)23)29-22(26)24-16-9-7-8-15(2)13-16/h5-11,13,19H,3-4,12,14H2,1-2H3,(H,25,27)/t19-/m1/s1. The lowest BCUT2D eigenvalue weighted by Crippen LogP contribution is -2.34. The van der Waals surface area contributed by atoms with E-state index < -0.39 is 17.0 Å². The highest BCUT2D eigenvalue weighted by molar-refractivity contribution is 8.15. The first-order chi connectivity index (χ1) is 14.0. The lowest BCUT2D eigenvalue weighted by Gasteiger charge is -2.16. The van der Waals surface area contributed by atoms with Gasteiger partial charge in [0.1, 0.15) is 11.1 Å². The predicted octanol–water partition coefficient (Wildman–Crippen LogP) is 4.89. The summed E-state index contributed by atoms with van der Waals surface area (Å²) in [6.45, 7) is 4.62. The van der Waals surface area contributed by atoms with Gasteiger partial charge in [-0.2, -0.15) is 0 Å². The number of unbranched alkanes of at least 4 members (excludes halogenated alkanes) is 1. The number of amides is 2. The van der Waals surface area contributed by atoms with Crippen LogP contribution in [0.4, 0.5) is 15.8 Å². The van der Waals surface area contributed by atoms with Crippen molar-refractivity contribution in [2.24, 2.45) is 4.99 Å². The van der Waals surface area contributed by atoms with Crippen LogP contribution in [0.1, 0.15) is 31.7 Å². The van der Waals surface area contributed by atoms with Crippen molar-refractivity contribution in [1.29, 1.82) is 0 Å². The summed E-state index contributed by atoms with van der Waals surface area (Å²) in [6.07, 6.45) is 1.77. The number of amidine groups is 1. The van der Waals surface area contributed by atoms with Gasteiger partial charge < -0.3 is 5.32 Å². The number of aliphatic imine (C=N–C) groups is 1. The topological polar surface area (TPSA) is 61.8 Å². The molecule has 0 spiro atoms. The van der Waals surface area contributed by atoms with Crippen LogP contribution < -0.4 is 5.32 Å². The molecule has 1 saturated heterocycles. The number of rotatable bonds is 7. The van der Waals surface area contributed by atoms with Crippen molar-refractivity contribution in [1.82, 2.24) is 4.90 Å². The molecule has 29 heavy (non-hydrogen) atoms. The Morgan fingerprint density at radius 1 is 1.24 bits per heavy atom. The van der Waals surface area contributed by atoms with E-state index >= 15 is 0 Å². The molecule has 1 N–H and O–H groups in total. The molecule has 2 aromatic rings. The summed E-state index contributed by atoms with van der Waals surface area (Å²) < 4.78 is 13.8. The molecule has 0 bridgehead atoms. The third-order valence-electron chi connectivity index (χ3n) is 4.50. The molecule has 1 fully saturated rings. The second kappa shape index (κ2) is 9.69. The molecule has 2 aromatic carbocycles. The number of halogens is 1. The van der Waals surface area contributed by atoms with Crippen molar-refractivity contribution >= 4 is 40.1 Å². The number of nitrogens with zero attached hydrogens (tertiary/aromatic N) is 2. The molecule has 0 saturated carbocycles. The van der Waals surface area contributed by atoms with E-state index in [2.05, 4.69) is 17.2 Å². The summed E-state index contributed by atoms with van der Waals surface area (Å²) in [5, 5.41) is 2.59. The van der Waals surface area contributed by atoms with Gasteiger partial charge in [0.15, 0.2) is 5.17 Å². The van der Waals surface area contributed by atoms with Crippen LogP contribution in [0, 0.1) is 12.7 Å². The van der Waals surface area contributed by atoms with Crippen LogP contribution in [-0.2, 0) is 9.59 Å². The van der Waals surface area contributed by atoms with Gasteiger partial charge in [0, 0.05) is 13.0 Å². The molecular formula is C22H24FN3O2S. The number of anilines is 1. The van der Waals surface area contributed by atoms with Gasteiger partial charge in [0.05, 0.1) is 11.4 Å². The number of thioether (sulfide) groups is 1. The Kier molecular flexibility index (Phi) is 7.04. The maximum atomic E-state index is 13.8. The number of carbonyl (C=O) groups is 2. The Labute approximate surface area is 174 Å². The van der Waals surface area contributed by atoms with Crippen molar-refractivity contribution in [2.45, 2.75) is 38.4 Å². The zero-order chi connectivity index (χ0) is 20.8. The Morgan fingerprint density at radius 2 is 2.03 bits per heavy atom. The quantitative estimate of drug-likeness (QED) is 0.703. The highest BCUT2D eigenvalue weighted by atomic mass is 32.2. The van der Waals surface area contributed by atoms with E-state index in [0.29, 0.717) is 11.7 Å².